The summed E-state index contributed by atoms with van der Waals surface area (Å²) in [5, 5.41) is 20.1. The van der Waals surface area contributed by atoms with Gasteiger partial charge >= 0.3 is 0 Å². The van der Waals surface area contributed by atoms with Crippen LogP contribution in [0.2, 0.25) is 5.15 Å². The highest BCUT2D eigenvalue weighted by molar-refractivity contribution is 6.34. The van der Waals surface area contributed by atoms with Crippen LogP contribution in [0.1, 0.15) is 46.0 Å². The fourth-order valence-corrected chi connectivity index (χ4v) is 2.52. The molecule has 0 aliphatic rings. The van der Waals surface area contributed by atoms with Crippen LogP contribution in [-0.4, -0.2) is 49.0 Å². The molecule has 0 saturated carbocycles. The molecule has 0 radical (unpaired) electrons. The Morgan fingerprint density at radius 3 is 2.62 bits per heavy atom. The summed E-state index contributed by atoms with van der Waals surface area (Å²) in [4.78, 5) is 19.6. The molecule has 2 N–H and O–H groups in total. The second kappa shape index (κ2) is 9.36. The van der Waals surface area contributed by atoms with E-state index in [2.05, 4.69) is 9.97 Å². The number of Topliss-reactive ketones (excluding diaryl/α,β-unsaturated/α-hetero) is 1. The summed E-state index contributed by atoms with van der Waals surface area (Å²) in [5.74, 6) is -2.01. The number of hydrogen-bond acceptors (Lipinski definition) is 6. The van der Waals surface area contributed by atoms with Crippen LogP contribution in [0.4, 0.5) is 4.39 Å². The number of hydrogen-bond donors (Lipinski definition) is 2. The van der Waals surface area contributed by atoms with Crippen molar-refractivity contribution in [2.45, 2.75) is 59.2 Å². The molecule has 0 amide bonds. The van der Waals surface area contributed by atoms with Crippen LogP contribution in [0.25, 0.3) is 11.0 Å². The number of halogens is 2. The van der Waals surface area contributed by atoms with Gasteiger partial charge in [0.1, 0.15) is 29.8 Å². The molecule has 7 nitrogen and oxygen atoms in total. The lowest BCUT2D eigenvalue weighted by Crippen LogP contribution is -2.30. The van der Waals surface area contributed by atoms with Gasteiger partial charge in [-0.25, -0.2) is 14.4 Å². The van der Waals surface area contributed by atoms with Gasteiger partial charge in [-0.05, 0) is 26.3 Å². The first kappa shape index (κ1) is 22.4. The van der Waals surface area contributed by atoms with Crippen molar-refractivity contribution in [2.75, 3.05) is 6.61 Å². The zero-order valence-corrected chi connectivity index (χ0v) is 16.3. The standard InChI is InChI=1S/C15H19ClFN3O4.C2H6/c1-8-5-20(14-11(8)12(16)18-7-19-14)13(17)10(22)4-9(21)6-24-15(2,3)23;1-2/h5,7,10,13,22-23H,4,6H2,1-3H3;1-2H3. The topological polar surface area (TPSA) is 97.5 Å². The van der Waals surface area contributed by atoms with E-state index in [-0.39, 0.29) is 10.8 Å². The van der Waals surface area contributed by atoms with E-state index in [0.29, 0.717) is 10.9 Å². The lowest BCUT2D eigenvalue weighted by atomic mass is 10.1. The van der Waals surface area contributed by atoms with Crippen LogP contribution >= 0.6 is 11.6 Å². The number of carbonyl (C=O) groups excluding carboxylic acids is 1. The number of alkyl halides is 1. The molecule has 0 aliphatic heterocycles. The molecule has 0 spiro atoms. The first-order valence-corrected chi connectivity index (χ1v) is 8.65. The van der Waals surface area contributed by atoms with Gasteiger partial charge in [0.25, 0.3) is 0 Å². The van der Waals surface area contributed by atoms with Crippen LogP contribution in [-0.2, 0) is 9.53 Å². The third kappa shape index (κ3) is 5.70. The van der Waals surface area contributed by atoms with Crippen LogP contribution in [0.3, 0.4) is 0 Å². The van der Waals surface area contributed by atoms with Crippen molar-refractivity contribution in [3.63, 3.8) is 0 Å². The molecule has 2 aromatic rings. The number of rotatable bonds is 7. The Morgan fingerprint density at radius 2 is 2.04 bits per heavy atom. The lowest BCUT2D eigenvalue weighted by molar-refractivity contribution is -0.181. The van der Waals surface area contributed by atoms with Crippen LogP contribution < -0.4 is 0 Å². The molecule has 26 heavy (non-hydrogen) atoms. The highest BCUT2D eigenvalue weighted by atomic mass is 35.5. The minimum atomic E-state index is -1.89. The zero-order chi connectivity index (χ0) is 20.1. The fraction of sp³-hybridized carbons (Fsp3) is 0.588. The molecule has 0 saturated heterocycles. The van der Waals surface area contributed by atoms with E-state index >= 15 is 0 Å². The summed E-state index contributed by atoms with van der Waals surface area (Å²) in [5.41, 5.74) is 0.890. The van der Waals surface area contributed by atoms with Crippen molar-refractivity contribution in [2.24, 2.45) is 0 Å². The zero-order valence-electron chi connectivity index (χ0n) is 15.5. The van der Waals surface area contributed by atoms with E-state index in [0.717, 1.165) is 4.57 Å². The van der Waals surface area contributed by atoms with E-state index in [1.54, 1.807) is 6.92 Å². The molecule has 2 rings (SSSR count). The predicted octanol–water partition coefficient (Wildman–Crippen LogP) is 2.95. The molecule has 2 atom stereocenters. The summed E-state index contributed by atoms with van der Waals surface area (Å²) in [6.07, 6.45) is -1.29. The molecule has 2 heterocycles. The van der Waals surface area contributed by atoms with Gasteiger partial charge in [0.05, 0.1) is 5.39 Å². The maximum atomic E-state index is 14.6. The van der Waals surface area contributed by atoms with Crippen molar-refractivity contribution < 1.29 is 24.1 Å². The van der Waals surface area contributed by atoms with E-state index in [4.69, 9.17) is 16.3 Å². The van der Waals surface area contributed by atoms with Crippen LogP contribution in [0.15, 0.2) is 12.5 Å². The Morgan fingerprint density at radius 1 is 1.42 bits per heavy atom. The average molecular weight is 390 g/mol. The van der Waals surface area contributed by atoms with Crippen molar-refractivity contribution in [1.82, 2.24) is 14.5 Å². The van der Waals surface area contributed by atoms with Crippen molar-refractivity contribution in [1.29, 1.82) is 0 Å². The second-order valence-corrected chi connectivity index (χ2v) is 6.36. The van der Waals surface area contributed by atoms with E-state index in [1.807, 2.05) is 13.8 Å². The smallest absolute Gasteiger partial charge is 0.203 e. The summed E-state index contributed by atoms with van der Waals surface area (Å²) >= 11 is 5.98. The molecule has 9 heteroatoms. The summed E-state index contributed by atoms with van der Waals surface area (Å²) < 4.78 is 20.6. The Kier molecular flexibility index (Phi) is 8.08. The first-order valence-electron chi connectivity index (χ1n) is 8.28. The van der Waals surface area contributed by atoms with Gasteiger partial charge < -0.3 is 14.9 Å². The second-order valence-electron chi connectivity index (χ2n) is 6.00. The van der Waals surface area contributed by atoms with Crippen molar-refractivity contribution >= 4 is 28.4 Å². The summed E-state index contributed by atoms with van der Waals surface area (Å²) in [7, 11) is 0. The Bertz CT molecular complexity index is 745. The molecule has 0 fully saturated rings. The van der Waals surface area contributed by atoms with Gasteiger partial charge in [-0.15, -0.1) is 0 Å². The molecule has 146 valence electrons. The number of ketones is 1. The highest BCUT2D eigenvalue weighted by Crippen LogP contribution is 2.29. The van der Waals surface area contributed by atoms with E-state index in [1.165, 1.54) is 26.4 Å². The van der Waals surface area contributed by atoms with Crippen molar-refractivity contribution in [3.8, 4) is 0 Å². The summed E-state index contributed by atoms with van der Waals surface area (Å²) in [6, 6.07) is 0. The van der Waals surface area contributed by atoms with Crippen LogP contribution in [0, 0.1) is 6.92 Å². The quantitative estimate of drug-likeness (QED) is 0.558. The molecule has 0 bridgehead atoms. The first-order chi connectivity index (χ1) is 12.1. The largest absolute Gasteiger partial charge is 0.388 e. The molecular weight excluding hydrogens is 365 g/mol. The van der Waals surface area contributed by atoms with Gasteiger partial charge in [0.2, 0.25) is 6.30 Å². The number of ether oxygens (including phenoxy) is 1. The average Bonchev–Trinajstić information content (AvgIpc) is 2.91. The predicted molar refractivity (Wildman–Crippen MR) is 96.6 cm³/mol. The van der Waals surface area contributed by atoms with Crippen molar-refractivity contribution in [3.05, 3.63) is 23.2 Å². The molecule has 2 unspecified atom stereocenters. The fourth-order valence-electron chi connectivity index (χ4n) is 2.24. The maximum absolute atomic E-state index is 14.6. The monoisotopic (exact) mass is 389 g/mol. The number of aliphatic hydroxyl groups excluding tert-OH is 1. The molecular formula is C17H25ClFN3O4. The van der Waals surface area contributed by atoms with Gasteiger partial charge in [0, 0.05) is 12.6 Å². The number of aryl methyl sites for hydroxylation is 1. The minimum Gasteiger partial charge on any atom is -0.388 e. The Labute approximate surface area is 156 Å². The third-order valence-corrected chi connectivity index (χ3v) is 3.65. The minimum absolute atomic E-state index is 0.188. The van der Waals surface area contributed by atoms with E-state index in [9.17, 15) is 19.4 Å². The normalized spacial score (nSPS) is 13.9. The Balaban J connectivity index is 0.00000163. The van der Waals surface area contributed by atoms with Gasteiger partial charge in [-0.3, -0.25) is 9.36 Å². The Hall–Kier alpha value is -1.61. The third-order valence-electron chi connectivity index (χ3n) is 3.36. The number of aliphatic hydroxyl groups is 2. The molecule has 0 aromatic carbocycles. The van der Waals surface area contributed by atoms with E-state index < -0.39 is 37.0 Å². The van der Waals surface area contributed by atoms with Gasteiger partial charge in [0.15, 0.2) is 11.6 Å². The summed E-state index contributed by atoms with van der Waals surface area (Å²) in [6.45, 7) is 8.03. The SMILES string of the molecule is CC.Cc1cn(C(F)C(O)CC(=O)COC(C)(C)O)c2ncnc(Cl)c12. The molecule has 0 aliphatic carbocycles. The van der Waals surface area contributed by atoms with Crippen LogP contribution in [0.5, 0.6) is 0 Å². The lowest BCUT2D eigenvalue weighted by Gasteiger charge is -2.20. The van der Waals surface area contributed by atoms with Gasteiger partial charge in [-0.1, -0.05) is 25.4 Å². The number of nitrogens with zero attached hydrogens (tertiary/aromatic N) is 3. The number of aromatic nitrogens is 3. The van der Waals surface area contributed by atoms with Gasteiger partial charge in [-0.2, -0.15) is 0 Å². The number of fused-ring (bicyclic) bond motifs is 1. The molecule has 2 aromatic heterocycles. The maximum Gasteiger partial charge on any atom is 0.203 e. The highest BCUT2D eigenvalue weighted by Gasteiger charge is 2.27. The number of carbonyl (C=O) groups is 1.